The minimum Gasteiger partial charge on any atom is -0.378 e. The molecular weight excluding hydrogens is 244 g/mol. The highest BCUT2D eigenvalue weighted by atomic mass is 35.5. The van der Waals surface area contributed by atoms with E-state index in [1.165, 1.54) is 29.5 Å². The van der Waals surface area contributed by atoms with Crippen LogP contribution in [0.2, 0.25) is 0 Å². The lowest BCUT2D eigenvalue weighted by molar-refractivity contribution is -0.0267. The van der Waals surface area contributed by atoms with E-state index in [9.17, 15) is 0 Å². The molecule has 1 saturated carbocycles. The van der Waals surface area contributed by atoms with Gasteiger partial charge in [0.15, 0.2) is 0 Å². The van der Waals surface area contributed by atoms with Crippen LogP contribution in [0.25, 0.3) is 0 Å². The Morgan fingerprint density at radius 2 is 2.06 bits per heavy atom. The fraction of sp³-hybridized carbons (Fsp3) is 0.625. The van der Waals surface area contributed by atoms with Crippen molar-refractivity contribution in [1.82, 2.24) is 0 Å². The van der Waals surface area contributed by atoms with E-state index in [2.05, 4.69) is 39.0 Å². The van der Waals surface area contributed by atoms with Gasteiger partial charge in [0.25, 0.3) is 0 Å². The van der Waals surface area contributed by atoms with Crippen molar-refractivity contribution in [1.29, 1.82) is 0 Å². The van der Waals surface area contributed by atoms with E-state index >= 15 is 0 Å². The fourth-order valence-electron chi connectivity index (χ4n) is 2.76. The summed E-state index contributed by atoms with van der Waals surface area (Å²) < 4.78 is 5.60. The van der Waals surface area contributed by atoms with Crippen LogP contribution in [-0.2, 0) is 4.74 Å². The summed E-state index contributed by atoms with van der Waals surface area (Å²) in [7, 11) is 0. The number of hydrogen-bond acceptors (Lipinski definition) is 1. The molecule has 0 aromatic heterocycles. The molecule has 0 heterocycles. The van der Waals surface area contributed by atoms with Crippen LogP contribution >= 0.6 is 11.6 Å². The van der Waals surface area contributed by atoms with Gasteiger partial charge in [-0.1, -0.05) is 23.8 Å². The van der Waals surface area contributed by atoms with Gasteiger partial charge in [0.2, 0.25) is 0 Å². The smallest absolute Gasteiger partial charge is 0.0590 e. The van der Waals surface area contributed by atoms with Crippen LogP contribution in [0.1, 0.15) is 48.3 Å². The molecule has 100 valence electrons. The van der Waals surface area contributed by atoms with Gasteiger partial charge in [-0.15, -0.1) is 11.6 Å². The van der Waals surface area contributed by atoms with E-state index in [-0.39, 0.29) is 5.38 Å². The van der Waals surface area contributed by atoms with E-state index in [0.29, 0.717) is 6.10 Å². The lowest BCUT2D eigenvalue weighted by Crippen LogP contribution is -2.31. The van der Waals surface area contributed by atoms with Gasteiger partial charge in [-0.3, -0.25) is 0 Å². The van der Waals surface area contributed by atoms with Crippen LogP contribution in [0.4, 0.5) is 0 Å². The molecule has 0 radical (unpaired) electrons. The van der Waals surface area contributed by atoms with E-state index in [1.54, 1.807) is 0 Å². The monoisotopic (exact) mass is 266 g/mol. The molecule has 2 rings (SSSR count). The van der Waals surface area contributed by atoms with Gasteiger partial charge in [-0.05, 0) is 57.1 Å². The minimum atomic E-state index is 0.150. The van der Waals surface area contributed by atoms with Gasteiger partial charge in [0, 0.05) is 6.61 Å². The second kappa shape index (κ2) is 6.08. The third-order valence-electron chi connectivity index (χ3n) is 3.91. The third kappa shape index (κ3) is 3.27. The molecule has 1 atom stereocenters. The maximum absolute atomic E-state index is 6.57. The number of ether oxygens (including phenoxy) is 1. The molecule has 0 bridgehead atoms. The first-order valence-corrected chi connectivity index (χ1v) is 7.36. The molecule has 0 saturated heterocycles. The zero-order valence-electron chi connectivity index (χ0n) is 11.6. The Bertz CT molecular complexity index is 396. The van der Waals surface area contributed by atoms with Crippen LogP contribution in [0, 0.1) is 19.8 Å². The highest BCUT2D eigenvalue weighted by molar-refractivity contribution is 6.20. The summed E-state index contributed by atoms with van der Waals surface area (Å²) in [5.74, 6) is 0.740. The van der Waals surface area contributed by atoms with Gasteiger partial charge in [0.1, 0.15) is 0 Å². The van der Waals surface area contributed by atoms with Crippen molar-refractivity contribution >= 4 is 11.6 Å². The van der Waals surface area contributed by atoms with Gasteiger partial charge < -0.3 is 4.74 Å². The lowest BCUT2D eigenvalue weighted by Gasteiger charge is -2.36. The van der Waals surface area contributed by atoms with Crippen molar-refractivity contribution in [3.8, 4) is 0 Å². The maximum atomic E-state index is 6.57. The number of alkyl halides is 1. The van der Waals surface area contributed by atoms with Crippen LogP contribution in [0.3, 0.4) is 0 Å². The van der Waals surface area contributed by atoms with Gasteiger partial charge in [0.05, 0.1) is 11.5 Å². The van der Waals surface area contributed by atoms with E-state index < -0.39 is 0 Å². The Hall–Kier alpha value is -0.530. The summed E-state index contributed by atoms with van der Waals surface area (Å²) in [5.41, 5.74) is 3.90. The van der Waals surface area contributed by atoms with Crippen LogP contribution < -0.4 is 0 Å². The van der Waals surface area contributed by atoms with Crippen molar-refractivity contribution < 1.29 is 4.74 Å². The molecule has 2 heteroatoms. The fourth-order valence-corrected chi connectivity index (χ4v) is 3.24. The van der Waals surface area contributed by atoms with Crippen LogP contribution in [0.5, 0.6) is 0 Å². The minimum absolute atomic E-state index is 0.150. The molecule has 0 amide bonds. The summed E-state index contributed by atoms with van der Waals surface area (Å²) in [6.45, 7) is 7.17. The van der Waals surface area contributed by atoms with Crippen molar-refractivity contribution in [3.63, 3.8) is 0 Å². The first-order chi connectivity index (χ1) is 8.60. The zero-order valence-corrected chi connectivity index (χ0v) is 12.3. The largest absolute Gasteiger partial charge is 0.378 e. The molecule has 1 unspecified atom stereocenters. The summed E-state index contributed by atoms with van der Waals surface area (Å²) in [6.07, 6.45) is 3.93. The predicted octanol–water partition coefficient (Wildman–Crippen LogP) is 4.79. The lowest BCUT2D eigenvalue weighted by atomic mass is 9.78. The second-order valence-corrected chi connectivity index (χ2v) is 6.00. The molecule has 1 aliphatic rings. The normalized spacial score (nSPS) is 24.7. The molecule has 0 spiro atoms. The maximum Gasteiger partial charge on any atom is 0.0590 e. The van der Waals surface area contributed by atoms with Crippen LogP contribution in [0.15, 0.2) is 18.2 Å². The number of hydrogen-bond donors (Lipinski definition) is 0. The molecule has 1 aromatic carbocycles. The van der Waals surface area contributed by atoms with Crippen molar-refractivity contribution in [3.05, 3.63) is 34.9 Å². The predicted molar refractivity (Wildman–Crippen MR) is 77.3 cm³/mol. The molecule has 1 nitrogen and oxygen atoms in total. The first-order valence-electron chi connectivity index (χ1n) is 6.93. The summed E-state index contributed by atoms with van der Waals surface area (Å²) >= 11 is 6.57. The average molecular weight is 267 g/mol. The Morgan fingerprint density at radius 1 is 1.33 bits per heavy atom. The molecule has 0 N–H and O–H groups in total. The van der Waals surface area contributed by atoms with Crippen molar-refractivity contribution in [2.24, 2.45) is 5.92 Å². The van der Waals surface area contributed by atoms with E-state index in [1.807, 2.05) is 0 Å². The highest BCUT2D eigenvalue weighted by Crippen LogP contribution is 2.40. The Balaban J connectivity index is 1.89. The number of benzene rings is 1. The Morgan fingerprint density at radius 3 is 2.72 bits per heavy atom. The van der Waals surface area contributed by atoms with E-state index in [4.69, 9.17) is 16.3 Å². The van der Waals surface area contributed by atoms with Gasteiger partial charge in [-0.25, -0.2) is 0 Å². The molecule has 1 aromatic rings. The van der Waals surface area contributed by atoms with Crippen LogP contribution in [-0.4, -0.2) is 12.7 Å². The standard InChI is InChI=1S/C16H23ClO/c1-4-18-14-8-13(9-14)10-16(17)15-7-11(2)5-6-12(15)3/h5-7,13-14,16H,4,8-10H2,1-3H3. The topological polar surface area (TPSA) is 9.23 Å². The van der Waals surface area contributed by atoms with Gasteiger partial charge >= 0.3 is 0 Å². The summed E-state index contributed by atoms with van der Waals surface area (Å²) in [5, 5.41) is 0.150. The summed E-state index contributed by atoms with van der Waals surface area (Å²) in [4.78, 5) is 0. The average Bonchev–Trinajstić information content (AvgIpc) is 2.29. The number of halogens is 1. The summed E-state index contributed by atoms with van der Waals surface area (Å²) in [6, 6.07) is 6.55. The van der Waals surface area contributed by atoms with E-state index in [0.717, 1.165) is 18.9 Å². The first kappa shape index (κ1) is 13.9. The molecule has 1 aliphatic carbocycles. The second-order valence-electron chi connectivity index (χ2n) is 5.48. The third-order valence-corrected chi connectivity index (χ3v) is 4.32. The molecule has 1 fully saturated rings. The Kier molecular flexibility index (Phi) is 4.69. The number of aryl methyl sites for hydroxylation is 2. The molecular formula is C16H23ClO. The highest BCUT2D eigenvalue weighted by Gasteiger charge is 2.31. The van der Waals surface area contributed by atoms with Gasteiger partial charge in [-0.2, -0.15) is 0 Å². The Labute approximate surface area is 115 Å². The number of rotatable bonds is 5. The SMILES string of the molecule is CCOC1CC(CC(Cl)c2cc(C)ccc2C)C1. The molecule has 0 aliphatic heterocycles. The quantitative estimate of drug-likeness (QED) is 0.697. The van der Waals surface area contributed by atoms with Crippen molar-refractivity contribution in [2.45, 2.75) is 51.5 Å². The van der Waals surface area contributed by atoms with Crippen molar-refractivity contribution in [2.75, 3.05) is 6.61 Å². The zero-order chi connectivity index (χ0) is 13.1. The molecule has 18 heavy (non-hydrogen) atoms.